The van der Waals surface area contributed by atoms with E-state index in [4.69, 9.17) is 11.6 Å². The number of hydrogen-bond donors (Lipinski definition) is 0. The van der Waals surface area contributed by atoms with E-state index in [1.54, 1.807) is 13.0 Å². The highest BCUT2D eigenvalue weighted by molar-refractivity contribution is 6.31. The van der Waals surface area contributed by atoms with Gasteiger partial charge >= 0.3 is 6.36 Å². The van der Waals surface area contributed by atoms with E-state index in [0.29, 0.717) is 0 Å². The zero-order valence-corrected chi connectivity index (χ0v) is 17.4. The van der Waals surface area contributed by atoms with Crippen molar-refractivity contribution in [3.63, 3.8) is 0 Å². The van der Waals surface area contributed by atoms with Gasteiger partial charge < -0.3 is 9.64 Å². The van der Waals surface area contributed by atoms with E-state index in [1.165, 1.54) is 34.4 Å². The third kappa shape index (κ3) is 5.69. The SMILES string of the molecule is CC(c1ncnn1-c1ncccn1)N(CCCF)C(=O)c1cc(Cl)cc(OC(F)(F)F)c1. The van der Waals surface area contributed by atoms with Crippen LogP contribution in [0, 0.1) is 0 Å². The number of ether oxygens (including phenoxy) is 1. The van der Waals surface area contributed by atoms with Crippen molar-refractivity contribution >= 4 is 17.5 Å². The third-order valence-electron chi connectivity index (χ3n) is 4.30. The largest absolute Gasteiger partial charge is 0.573 e. The molecule has 3 aromatic rings. The van der Waals surface area contributed by atoms with Crippen LogP contribution in [-0.2, 0) is 0 Å². The normalized spacial score (nSPS) is 12.4. The van der Waals surface area contributed by atoms with Gasteiger partial charge in [0.25, 0.3) is 11.9 Å². The first-order valence-electron chi connectivity index (χ1n) is 9.30. The average molecular weight is 473 g/mol. The van der Waals surface area contributed by atoms with Gasteiger partial charge in [0.15, 0.2) is 5.82 Å². The van der Waals surface area contributed by atoms with E-state index in [-0.39, 0.29) is 35.3 Å². The Bertz CT molecular complexity index is 1060. The first-order chi connectivity index (χ1) is 15.2. The highest BCUT2D eigenvalue weighted by atomic mass is 35.5. The fraction of sp³-hybridized carbons (Fsp3) is 0.316. The van der Waals surface area contributed by atoms with Gasteiger partial charge in [0.1, 0.15) is 12.1 Å². The van der Waals surface area contributed by atoms with Crippen LogP contribution in [0.4, 0.5) is 17.6 Å². The summed E-state index contributed by atoms with van der Waals surface area (Å²) in [5.41, 5.74) is -0.163. The summed E-state index contributed by atoms with van der Waals surface area (Å²) in [5.74, 6) is -0.859. The van der Waals surface area contributed by atoms with Crippen LogP contribution >= 0.6 is 11.6 Å². The number of hydrogen-bond acceptors (Lipinski definition) is 6. The summed E-state index contributed by atoms with van der Waals surface area (Å²) in [6.45, 7) is 0.876. The van der Waals surface area contributed by atoms with E-state index in [0.717, 1.165) is 12.1 Å². The molecule has 1 amide bonds. The molecule has 170 valence electrons. The first-order valence-corrected chi connectivity index (χ1v) is 9.68. The Kier molecular flexibility index (Phi) is 7.23. The molecular formula is C19H17ClF4N6O2. The Morgan fingerprint density at radius 1 is 1.22 bits per heavy atom. The zero-order chi connectivity index (χ0) is 23.3. The van der Waals surface area contributed by atoms with Gasteiger partial charge in [-0.3, -0.25) is 9.18 Å². The van der Waals surface area contributed by atoms with Gasteiger partial charge in [0.05, 0.1) is 12.7 Å². The molecule has 0 aliphatic heterocycles. The summed E-state index contributed by atoms with van der Waals surface area (Å²) in [6.07, 6.45) is -0.719. The van der Waals surface area contributed by atoms with Crippen LogP contribution in [0.2, 0.25) is 5.02 Å². The molecule has 0 saturated carbocycles. The lowest BCUT2D eigenvalue weighted by Gasteiger charge is -2.28. The molecule has 0 radical (unpaired) electrons. The Morgan fingerprint density at radius 3 is 2.59 bits per heavy atom. The van der Waals surface area contributed by atoms with Crippen LogP contribution in [0.25, 0.3) is 5.95 Å². The Hall–Kier alpha value is -3.28. The van der Waals surface area contributed by atoms with Gasteiger partial charge in [-0.05, 0) is 37.6 Å². The van der Waals surface area contributed by atoms with Crippen molar-refractivity contribution in [1.82, 2.24) is 29.6 Å². The van der Waals surface area contributed by atoms with Gasteiger partial charge in [0.2, 0.25) is 0 Å². The predicted octanol–water partition coefficient (Wildman–Crippen LogP) is 4.17. The maximum absolute atomic E-state index is 13.2. The number of aromatic nitrogens is 5. The van der Waals surface area contributed by atoms with E-state index >= 15 is 0 Å². The van der Waals surface area contributed by atoms with Crippen LogP contribution in [0.5, 0.6) is 5.75 Å². The molecule has 0 fully saturated rings. The summed E-state index contributed by atoms with van der Waals surface area (Å²) < 4.78 is 56.0. The summed E-state index contributed by atoms with van der Waals surface area (Å²) in [4.78, 5) is 26.8. The molecule has 0 aliphatic carbocycles. The lowest BCUT2D eigenvalue weighted by Crippen LogP contribution is -2.36. The first kappa shape index (κ1) is 23.4. The zero-order valence-electron chi connectivity index (χ0n) is 16.6. The Balaban J connectivity index is 1.96. The summed E-state index contributed by atoms with van der Waals surface area (Å²) in [5, 5.41) is 3.94. The van der Waals surface area contributed by atoms with E-state index in [1.807, 2.05) is 0 Å². The number of nitrogens with zero attached hydrogens (tertiary/aromatic N) is 6. The fourth-order valence-corrected chi connectivity index (χ4v) is 3.20. The second-order valence-electron chi connectivity index (χ2n) is 6.52. The standard InChI is InChI=1S/C19H17ClF4N6O2/c1-12(16-27-11-28-30(16)18-25-5-3-6-26-18)29(7-2-4-21)17(31)13-8-14(20)10-15(9-13)32-19(22,23)24/h3,5-6,8-12H,2,4,7H2,1H3. The highest BCUT2D eigenvalue weighted by Crippen LogP contribution is 2.29. The highest BCUT2D eigenvalue weighted by Gasteiger charge is 2.32. The van der Waals surface area contributed by atoms with Gasteiger partial charge in [-0.1, -0.05) is 11.6 Å². The molecule has 13 heteroatoms. The van der Waals surface area contributed by atoms with Crippen LogP contribution in [-0.4, -0.2) is 55.1 Å². The van der Waals surface area contributed by atoms with Crippen molar-refractivity contribution in [1.29, 1.82) is 0 Å². The molecule has 0 aliphatic rings. The lowest BCUT2D eigenvalue weighted by molar-refractivity contribution is -0.274. The molecule has 0 saturated heterocycles. The Labute approximate surface area is 184 Å². The molecule has 2 aromatic heterocycles. The van der Waals surface area contributed by atoms with E-state index in [9.17, 15) is 22.4 Å². The van der Waals surface area contributed by atoms with Crippen LogP contribution in [0.15, 0.2) is 43.0 Å². The van der Waals surface area contributed by atoms with Crippen molar-refractivity contribution in [2.45, 2.75) is 25.7 Å². The number of carbonyl (C=O) groups excluding carboxylic acids is 1. The number of amides is 1. The number of carbonyl (C=O) groups is 1. The van der Waals surface area contributed by atoms with Gasteiger partial charge in [-0.15, -0.1) is 13.2 Å². The molecule has 1 atom stereocenters. The summed E-state index contributed by atoms with van der Waals surface area (Å²) in [6, 6.07) is 3.91. The maximum Gasteiger partial charge on any atom is 0.573 e. The summed E-state index contributed by atoms with van der Waals surface area (Å²) >= 11 is 5.90. The van der Waals surface area contributed by atoms with E-state index < -0.39 is 30.7 Å². The molecule has 3 rings (SSSR count). The molecule has 0 bridgehead atoms. The maximum atomic E-state index is 13.2. The minimum atomic E-state index is -4.96. The lowest BCUT2D eigenvalue weighted by atomic mass is 10.1. The van der Waals surface area contributed by atoms with Crippen molar-refractivity contribution in [2.75, 3.05) is 13.2 Å². The molecule has 0 N–H and O–H groups in total. The number of alkyl halides is 4. The molecule has 8 nitrogen and oxygen atoms in total. The van der Waals surface area contributed by atoms with Crippen LogP contribution < -0.4 is 4.74 Å². The monoisotopic (exact) mass is 472 g/mol. The topological polar surface area (TPSA) is 86.0 Å². The van der Waals surface area contributed by atoms with Crippen molar-refractivity contribution in [3.05, 3.63) is 59.4 Å². The molecule has 1 aromatic carbocycles. The smallest absolute Gasteiger partial charge is 0.406 e. The van der Waals surface area contributed by atoms with Gasteiger partial charge in [-0.2, -0.15) is 9.78 Å². The van der Waals surface area contributed by atoms with Crippen molar-refractivity contribution in [3.8, 4) is 11.7 Å². The van der Waals surface area contributed by atoms with E-state index in [2.05, 4.69) is 24.8 Å². The van der Waals surface area contributed by atoms with Crippen molar-refractivity contribution in [2.24, 2.45) is 0 Å². The third-order valence-corrected chi connectivity index (χ3v) is 4.52. The van der Waals surface area contributed by atoms with Crippen LogP contribution in [0.1, 0.15) is 35.6 Å². The van der Waals surface area contributed by atoms with Crippen LogP contribution in [0.3, 0.4) is 0 Å². The number of halogens is 5. The molecule has 32 heavy (non-hydrogen) atoms. The molecule has 1 unspecified atom stereocenters. The minimum absolute atomic E-state index is 0.00146. The average Bonchev–Trinajstić information content (AvgIpc) is 3.22. The second kappa shape index (κ2) is 9.90. The van der Waals surface area contributed by atoms with Gasteiger partial charge in [-0.25, -0.2) is 15.0 Å². The Morgan fingerprint density at radius 2 is 1.94 bits per heavy atom. The molecular weight excluding hydrogens is 456 g/mol. The number of rotatable bonds is 8. The van der Waals surface area contributed by atoms with Gasteiger partial charge in [0, 0.05) is 29.5 Å². The number of benzene rings is 1. The second-order valence-corrected chi connectivity index (χ2v) is 6.96. The minimum Gasteiger partial charge on any atom is -0.406 e. The quantitative estimate of drug-likeness (QED) is 0.457. The van der Waals surface area contributed by atoms with Crippen molar-refractivity contribution < 1.29 is 27.1 Å². The predicted molar refractivity (Wildman–Crippen MR) is 105 cm³/mol. The fourth-order valence-electron chi connectivity index (χ4n) is 2.98. The molecule has 0 spiro atoms. The summed E-state index contributed by atoms with van der Waals surface area (Å²) in [7, 11) is 0. The molecule has 2 heterocycles.